The Hall–Kier alpha value is -2.53. The van der Waals surface area contributed by atoms with Crippen molar-refractivity contribution in [1.82, 2.24) is 5.32 Å². The summed E-state index contributed by atoms with van der Waals surface area (Å²) in [5.41, 5.74) is 3.50. The molecule has 0 heterocycles. The first-order chi connectivity index (χ1) is 12.0. The number of carboxylic acids is 1. The Morgan fingerprint density at radius 3 is 2.48 bits per heavy atom. The van der Waals surface area contributed by atoms with Gasteiger partial charge in [0.1, 0.15) is 0 Å². The maximum absolute atomic E-state index is 10.7. The Morgan fingerprint density at radius 1 is 1.16 bits per heavy atom. The predicted molar refractivity (Wildman–Crippen MR) is 97.2 cm³/mol. The summed E-state index contributed by atoms with van der Waals surface area (Å²) in [4.78, 5) is 10.7. The molecule has 0 aliphatic heterocycles. The van der Waals surface area contributed by atoms with E-state index in [1.165, 1.54) is 18.2 Å². The lowest BCUT2D eigenvalue weighted by Gasteiger charge is -2.18. The van der Waals surface area contributed by atoms with Gasteiger partial charge >= 0.3 is 5.97 Å². The van der Waals surface area contributed by atoms with E-state index in [0.717, 1.165) is 12.0 Å². The van der Waals surface area contributed by atoms with E-state index in [1.54, 1.807) is 6.07 Å². The molecule has 2 aromatic carbocycles. The van der Waals surface area contributed by atoms with Gasteiger partial charge in [-0.25, -0.2) is 4.79 Å². The van der Waals surface area contributed by atoms with Crippen LogP contribution in [0, 0.1) is 6.92 Å². The lowest BCUT2D eigenvalue weighted by molar-refractivity contribution is -0.139. The van der Waals surface area contributed by atoms with E-state index in [9.17, 15) is 4.79 Å². The van der Waals surface area contributed by atoms with E-state index in [4.69, 9.17) is 14.6 Å². The Kier molecular flexibility index (Phi) is 6.83. The molecule has 5 heteroatoms. The average Bonchev–Trinajstić information content (AvgIpc) is 2.62. The van der Waals surface area contributed by atoms with Crippen LogP contribution in [0.15, 0.2) is 42.5 Å². The van der Waals surface area contributed by atoms with Crippen LogP contribution in [0.5, 0.6) is 11.5 Å². The predicted octanol–water partition coefficient (Wildman–Crippen LogP) is 3.71. The fourth-order valence-electron chi connectivity index (χ4n) is 2.62. The third-order valence-electron chi connectivity index (χ3n) is 4.02. The summed E-state index contributed by atoms with van der Waals surface area (Å²) in [6.07, 6.45) is 0.974. The van der Waals surface area contributed by atoms with Gasteiger partial charge in [-0.3, -0.25) is 0 Å². The van der Waals surface area contributed by atoms with Crippen molar-refractivity contribution in [3.63, 3.8) is 0 Å². The summed E-state index contributed by atoms with van der Waals surface area (Å²) in [6.45, 7) is 4.48. The molecule has 0 saturated carbocycles. The van der Waals surface area contributed by atoms with Gasteiger partial charge in [0, 0.05) is 12.6 Å². The average molecular weight is 343 g/mol. The molecule has 2 aromatic rings. The van der Waals surface area contributed by atoms with Crippen LogP contribution in [0.4, 0.5) is 0 Å². The van der Waals surface area contributed by atoms with Crippen LogP contribution in [0.1, 0.15) is 36.1 Å². The van der Waals surface area contributed by atoms with Crippen molar-refractivity contribution in [1.29, 1.82) is 0 Å². The van der Waals surface area contributed by atoms with Crippen LogP contribution in [0.3, 0.4) is 0 Å². The second kappa shape index (κ2) is 9.08. The van der Waals surface area contributed by atoms with Crippen LogP contribution in [0.25, 0.3) is 0 Å². The van der Waals surface area contributed by atoms with E-state index in [2.05, 4.69) is 43.4 Å². The molecule has 0 fully saturated rings. The number of hydrogen-bond donors (Lipinski definition) is 2. The maximum Gasteiger partial charge on any atom is 0.341 e. The molecule has 25 heavy (non-hydrogen) atoms. The molecule has 0 aliphatic carbocycles. The second-order valence-corrected chi connectivity index (χ2v) is 5.92. The number of ether oxygens (including phenoxy) is 2. The number of rotatable bonds is 9. The first-order valence-corrected chi connectivity index (χ1v) is 8.35. The van der Waals surface area contributed by atoms with Crippen molar-refractivity contribution < 1.29 is 19.4 Å². The minimum Gasteiger partial charge on any atom is -0.493 e. The van der Waals surface area contributed by atoms with Gasteiger partial charge in [-0.2, -0.15) is 0 Å². The van der Waals surface area contributed by atoms with Gasteiger partial charge < -0.3 is 19.9 Å². The summed E-state index contributed by atoms with van der Waals surface area (Å²) < 4.78 is 10.5. The Labute approximate surface area is 148 Å². The van der Waals surface area contributed by atoms with Crippen molar-refractivity contribution in [2.75, 3.05) is 13.7 Å². The molecule has 0 bridgehead atoms. The molecule has 134 valence electrons. The number of carboxylic acid groups (broad SMARTS) is 1. The van der Waals surface area contributed by atoms with E-state index in [0.29, 0.717) is 18.0 Å². The molecule has 1 unspecified atom stereocenters. The molecular formula is C20H25NO4. The molecular weight excluding hydrogens is 318 g/mol. The fourth-order valence-corrected chi connectivity index (χ4v) is 2.62. The van der Waals surface area contributed by atoms with E-state index < -0.39 is 12.6 Å². The highest BCUT2D eigenvalue weighted by Gasteiger charge is 2.11. The van der Waals surface area contributed by atoms with E-state index >= 15 is 0 Å². The van der Waals surface area contributed by atoms with Crippen molar-refractivity contribution in [2.24, 2.45) is 0 Å². The molecule has 0 aromatic heterocycles. The highest BCUT2D eigenvalue weighted by molar-refractivity contribution is 5.68. The topological polar surface area (TPSA) is 67.8 Å². The van der Waals surface area contributed by atoms with Gasteiger partial charge in [0.15, 0.2) is 18.1 Å². The first kappa shape index (κ1) is 18.8. The van der Waals surface area contributed by atoms with Gasteiger partial charge in [0.05, 0.1) is 7.11 Å². The minimum absolute atomic E-state index is 0.256. The van der Waals surface area contributed by atoms with Crippen molar-refractivity contribution in [2.45, 2.75) is 32.9 Å². The summed E-state index contributed by atoms with van der Waals surface area (Å²) in [6, 6.07) is 14.3. The van der Waals surface area contributed by atoms with Crippen molar-refractivity contribution >= 4 is 5.97 Å². The summed E-state index contributed by atoms with van der Waals surface area (Å²) in [5, 5.41) is 12.3. The first-order valence-electron chi connectivity index (χ1n) is 8.35. The number of aryl methyl sites for hydroxylation is 1. The third kappa shape index (κ3) is 5.50. The number of benzene rings is 2. The highest BCUT2D eigenvalue weighted by atomic mass is 16.5. The monoisotopic (exact) mass is 343 g/mol. The number of aliphatic carboxylic acids is 1. The fraction of sp³-hybridized carbons (Fsp3) is 0.350. The van der Waals surface area contributed by atoms with Gasteiger partial charge in [0.2, 0.25) is 0 Å². The number of methoxy groups -OCH3 is 1. The van der Waals surface area contributed by atoms with Gasteiger partial charge in [-0.1, -0.05) is 42.8 Å². The number of hydrogen-bond acceptors (Lipinski definition) is 4. The van der Waals surface area contributed by atoms with Gasteiger partial charge in [-0.15, -0.1) is 0 Å². The lowest BCUT2D eigenvalue weighted by Crippen LogP contribution is -2.20. The summed E-state index contributed by atoms with van der Waals surface area (Å²) >= 11 is 0. The zero-order chi connectivity index (χ0) is 18.2. The molecule has 0 saturated heterocycles. The van der Waals surface area contributed by atoms with Crippen LogP contribution in [0.2, 0.25) is 0 Å². The SMILES string of the molecule is CCC(NCc1ccc(OC)c(OCC(=O)O)c1)c1ccc(C)cc1. The van der Waals surface area contributed by atoms with Crippen LogP contribution < -0.4 is 14.8 Å². The minimum atomic E-state index is -1.02. The standard InChI is InChI=1S/C20H25NO4/c1-4-17(16-8-5-14(2)6-9-16)21-12-15-7-10-18(24-3)19(11-15)25-13-20(22)23/h5-11,17,21H,4,12-13H2,1-3H3,(H,22,23). The van der Waals surface area contributed by atoms with Crippen molar-refractivity contribution in [3.05, 3.63) is 59.2 Å². The largest absolute Gasteiger partial charge is 0.493 e. The Morgan fingerprint density at radius 2 is 1.88 bits per heavy atom. The second-order valence-electron chi connectivity index (χ2n) is 5.92. The number of nitrogens with one attached hydrogen (secondary N) is 1. The van der Waals surface area contributed by atoms with Crippen LogP contribution in [-0.2, 0) is 11.3 Å². The molecule has 0 aliphatic rings. The van der Waals surface area contributed by atoms with E-state index in [1.807, 2.05) is 12.1 Å². The quantitative estimate of drug-likeness (QED) is 0.726. The Balaban J connectivity index is 2.06. The summed E-state index contributed by atoms with van der Waals surface area (Å²) in [7, 11) is 1.53. The van der Waals surface area contributed by atoms with Crippen molar-refractivity contribution in [3.8, 4) is 11.5 Å². The molecule has 0 amide bonds. The molecule has 1 atom stereocenters. The van der Waals surface area contributed by atoms with Crippen LogP contribution >= 0.6 is 0 Å². The third-order valence-corrected chi connectivity index (χ3v) is 4.02. The summed E-state index contributed by atoms with van der Waals surface area (Å²) in [5.74, 6) is -0.0563. The smallest absolute Gasteiger partial charge is 0.341 e. The zero-order valence-corrected chi connectivity index (χ0v) is 14.9. The highest BCUT2D eigenvalue weighted by Crippen LogP contribution is 2.28. The molecule has 2 rings (SSSR count). The normalized spacial score (nSPS) is 11.8. The Bertz CT molecular complexity index is 697. The van der Waals surface area contributed by atoms with Gasteiger partial charge in [0.25, 0.3) is 0 Å². The maximum atomic E-state index is 10.7. The zero-order valence-electron chi connectivity index (χ0n) is 14.9. The molecule has 2 N–H and O–H groups in total. The molecule has 5 nitrogen and oxygen atoms in total. The molecule has 0 radical (unpaired) electrons. The van der Waals surface area contributed by atoms with Gasteiger partial charge in [-0.05, 0) is 36.6 Å². The molecule has 0 spiro atoms. The van der Waals surface area contributed by atoms with E-state index in [-0.39, 0.29) is 6.04 Å². The number of carbonyl (C=O) groups is 1. The van der Waals surface area contributed by atoms with Crippen LogP contribution in [-0.4, -0.2) is 24.8 Å². The lowest BCUT2D eigenvalue weighted by atomic mass is 10.0.